The first-order chi connectivity index (χ1) is 16.0. The van der Waals surface area contributed by atoms with E-state index < -0.39 is 11.9 Å². The number of amides is 1. The molecular formula is C26H25ClFNO4. The van der Waals surface area contributed by atoms with Crippen molar-refractivity contribution in [2.75, 3.05) is 27.4 Å². The Morgan fingerprint density at radius 3 is 2.48 bits per heavy atom. The van der Waals surface area contributed by atoms with E-state index in [-0.39, 0.29) is 23.1 Å². The normalized spacial score (nSPS) is 15.2. The molecule has 1 unspecified atom stereocenters. The second kappa shape index (κ2) is 10.2. The van der Waals surface area contributed by atoms with E-state index in [4.69, 9.17) is 25.8 Å². The molecule has 33 heavy (non-hydrogen) atoms. The third-order valence-electron chi connectivity index (χ3n) is 5.80. The van der Waals surface area contributed by atoms with Gasteiger partial charge in [-0.15, -0.1) is 0 Å². The highest BCUT2D eigenvalue weighted by Crippen LogP contribution is 2.43. The zero-order valence-electron chi connectivity index (χ0n) is 18.5. The first kappa shape index (κ1) is 23.1. The van der Waals surface area contributed by atoms with Gasteiger partial charge in [0.05, 0.1) is 26.9 Å². The van der Waals surface area contributed by atoms with E-state index >= 15 is 4.39 Å². The Labute approximate surface area is 197 Å². The van der Waals surface area contributed by atoms with Crippen molar-refractivity contribution in [1.29, 1.82) is 0 Å². The van der Waals surface area contributed by atoms with Crippen molar-refractivity contribution < 1.29 is 23.4 Å². The number of methoxy groups -OCH3 is 2. The summed E-state index contributed by atoms with van der Waals surface area (Å²) in [5.74, 6) is 0.373. The monoisotopic (exact) mass is 469 g/mol. The predicted octanol–water partition coefficient (Wildman–Crippen LogP) is 5.19. The van der Waals surface area contributed by atoms with Crippen molar-refractivity contribution in [3.8, 4) is 11.5 Å². The Kier molecular flexibility index (Phi) is 7.16. The molecule has 5 nitrogen and oxygen atoms in total. The highest BCUT2D eigenvalue weighted by molar-refractivity contribution is 6.31. The van der Waals surface area contributed by atoms with Crippen LogP contribution in [-0.4, -0.2) is 38.2 Å². The number of carbonyl (C=O) groups is 1. The summed E-state index contributed by atoms with van der Waals surface area (Å²) in [5, 5.41) is 0.255. The van der Waals surface area contributed by atoms with Crippen LogP contribution in [0.25, 0.3) is 0 Å². The molecule has 0 aromatic heterocycles. The molecule has 7 heteroatoms. The summed E-state index contributed by atoms with van der Waals surface area (Å²) in [6, 6.07) is 17.1. The van der Waals surface area contributed by atoms with Crippen molar-refractivity contribution in [3.63, 3.8) is 0 Å². The largest absolute Gasteiger partial charge is 0.493 e. The number of benzene rings is 3. The Bertz CT molecular complexity index is 1120. The van der Waals surface area contributed by atoms with Gasteiger partial charge in [0.15, 0.2) is 11.5 Å². The predicted molar refractivity (Wildman–Crippen MR) is 124 cm³/mol. The van der Waals surface area contributed by atoms with E-state index in [0.29, 0.717) is 31.1 Å². The first-order valence-corrected chi connectivity index (χ1v) is 11.0. The van der Waals surface area contributed by atoms with Gasteiger partial charge in [-0.3, -0.25) is 4.79 Å². The number of rotatable bonds is 7. The average Bonchev–Trinajstić information content (AvgIpc) is 2.83. The minimum absolute atomic E-state index is 0.125. The molecule has 1 aliphatic rings. The summed E-state index contributed by atoms with van der Waals surface area (Å²) in [6.07, 6.45) is 0.586. The Hall–Kier alpha value is -3.09. The van der Waals surface area contributed by atoms with E-state index in [1.807, 2.05) is 36.4 Å². The van der Waals surface area contributed by atoms with E-state index in [9.17, 15) is 4.79 Å². The lowest BCUT2D eigenvalue weighted by Crippen LogP contribution is -2.42. The molecule has 3 aromatic carbocycles. The Balaban J connectivity index is 1.69. The molecule has 0 fully saturated rings. The van der Waals surface area contributed by atoms with Gasteiger partial charge >= 0.3 is 0 Å². The molecule has 1 atom stereocenters. The summed E-state index contributed by atoms with van der Waals surface area (Å²) < 4.78 is 31.7. The van der Waals surface area contributed by atoms with E-state index in [1.54, 1.807) is 37.3 Å². The molecule has 0 radical (unpaired) electrons. The smallest absolute Gasteiger partial charge is 0.249 e. The van der Waals surface area contributed by atoms with Crippen LogP contribution in [-0.2, 0) is 22.6 Å². The number of hydrogen-bond donors (Lipinski definition) is 0. The molecule has 0 saturated heterocycles. The van der Waals surface area contributed by atoms with Crippen LogP contribution in [0.4, 0.5) is 4.39 Å². The van der Waals surface area contributed by atoms with Crippen LogP contribution in [0.5, 0.6) is 11.5 Å². The third kappa shape index (κ3) is 4.82. The molecule has 1 heterocycles. The summed E-state index contributed by atoms with van der Waals surface area (Å²) >= 11 is 6.45. The summed E-state index contributed by atoms with van der Waals surface area (Å²) in [6.45, 7) is 0.582. The number of fused-ring (bicyclic) bond motifs is 1. The Morgan fingerprint density at radius 2 is 1.79 bits per heavy atom. The molecule has 0 bridgehead atoms. The molecule has 1 aliphatic heterocycles. The minimum Gasteiger partial charge on any atom is -0.493 e. The number of ether oxygens (including phenoxy) is 3. The second-order valence-corrected chi connectivity index (χ2v) is 8.17. The maximum absolute atomic E-state index is 15.1. The molecule has 0 spiro atoms. The van der Waals surface area contributed by atoms with Crippen LogP contribution in [0, 0.1) is 5.82 Å². The fraction of sp³-hybridized carbons (Fsp3) is 0.269. The summed E-state index contributed by atoms with van der Waals surface area (Å²) in [4.78, 5) is 14.9. The van der Waals surface area contributed by atoms with Gasteiger partial charge in [-0.05, 0) is 47.4 Å². The molecule has 1 amide bonds. The number of carbonyl (C=O) groups excluding carboxylic acids is 1. The molecule has 0 N–H and O–H groups in total. The van der Waals surface area contributed by atoms with Crippen LogP contribution in [0.2, 0.25) is 5.02 Å². The summed E-state index contributed by atoms with van der Waals surface area (Å²) in [7, 11) is 3.11. The van der Waals surface area contributed by atoms with E-state index in [0.717, 1.165) is 16.7 Å². The fourth-order valence-electron chi connectivity index (χ4n) is 4.21. The molecule has 3 aromatic rings. The molecule has 4 rings (SSSR count). The van der Waals surface area contributed by atoms with Gasteiger partial charge in [0, 0.05) is 17.1 Å². The lowest BCUT2D eigenvalue weighted by atomic mass is 9.87. The van der Waals surface area contributed by atoms with Crippen molar-refractivity contribution in [2.45, 2.75) is 19.1 Å². The van der Waals surface area contributed by atoms with Gasteiger partial charge in [-0.25, -0.2) is 4.39 Å². The zero-order chi connectivity index (χ0) is 23.4. The van der Waals surface area contributed by atoms with Crippen LogP contribution < -0.4 is 9.47 Å². The van der Waals surface area contributed by atoms with Gasteiger partial charge in [-0.2, -0.15) is 0 Å². The highest BCUT2D eigenvalue weighted by Gasteiger charge is 2.36. The molecule has 0 aliphatic carbocycles. The van der Waals surface area contributed by atoms with Gasteiger partial charge in [0.2, 0.25) is 5.91 Å². The lowest BCUT2D eigenvalue weighted by Gasteiger charge is -2.38. The van der Waals surface area contributed by atoms with Crippen LogP contribution in [0.3, 0.4) is 0 Å². The lowest BCUT2D eigenvalue weighted by molar-refractivity contribution is -0.138. The highest BCUT2D eigenvalue weighted by atomic mass is 35.5. The van der Waals surface area contributed by atoms with Gasteiger partial charge in [0.25, 0.3) is 0 Å². The van der Waals surface area contributed by atoms with Crippen molar-refractivity contribution >= 4 is 17.5 Å². The number of hydrogen-bond acceptors (Lipinski definition) is 4. The van der Waals surface area contributed by atoms with Gasteiger partial charge < -0.3 is 19.1 Å². The SMILES string of the molecule is COc1cc2c(cc1OC)C(c1c(F)cccc1Cl)N(C(=O)COCc1ccccc1)CC2. The number of nitrogens with zero attached hydrogens (tertiary/aromatic N) is 1. The molecule has 0 saturated carbocycles. The zero-order valence-corrected chi connectivity index (χ0v) is 19.3. The minimum atomic E-state index is -0.713. The number of halogens is 2. The van der Waals surface area contributed by atoms with Gasteiger partial charge in [-0.1, -0.05) is 48.0 Å². The maximum atomic E-state index is 15.1. The third-order valence-corrected chi connectivity index (χ3v) is 6.13. The first-order valence-electron chi connectivity index (χ1n) is 10.6. The van der Waals surface area contributed by atoms with E-state index in [1.165, 1.54) is 6.07 Å². The van der Waals surface area contributed by atoms with E-state index in [2.05, 4.69) is 0 Å². The van der Waals surface area contributed by atoms with Crippen molar-refractivity contribution in [2.24, 2.45) is 0 Å². The van der Waals surface area contributed by atoms with Crippen LogP contribution in [0.15, 0.2) is 60.7 Å². The fourth-order valence-corrected chi connectivity index (χ4v) is 4.48. The standard InChI is InChI=1S/C26H25ClFNO4/c1-31-22-13-18-11-12-29(24(30)16-33-15-17-7-4-3-5-8-17)26(19(18)14-23(22)32-2)25-20(27)9-6-10-21(25)28/h3-10,13-14,26H,11-12,15-16H2,1-2H3. The molecular weight excluding hydrogens is 445 g/mol. The van der Waals surface area contributed by atoms with Crippen molar-refractivity contribution in [3.05, 3.63) is 93.8 Å². The molecule has 172 valence electrons. The summed E-state index contributed by atoms with van der Waals surface area (Å²) in [5.41, 5.74) is 2.93. The maximum Gasteiger partial charge on any atom is 0.249 e. The average molecular weight is 470 g/mol. The van der Waals surface area contributed by atoms with Crippen molar-refractivity contribution in [1.82, 2.24) is 4.90 Å². The second-order valence-electron chi connectivity index (χ2n) is 7.76. The Morgan fingerprint density at radius 1 is 1.06 bits per heavy atom. The topological polar surface area (TPSA) is 48.0 Å². The van der Waals surface area contributed by atoms with Crippen LogP contribution in [0.1, 0.15) is 28.3 Å². The van der Waals surface area contributed by atoms with Crippen LogP contribution >= 0.6 is 11.6 Å². The van der Waals surface area contributed by atoms with Gasteiger partial charge in [0.1, 0.15) is 12.4 Å². The quantitative estimate of drug-likeness (QED) is 0.478.